The third-order valence-corrected chi connectivity index (χ3v) is 2.50. The third kappa shape index (κ3) is 2.96. The third-order valence-electron chi connectivity index (χ3n) is 2.50. The van der Waals surface area contributed by atoms with Crippen molar-refractivity contribution in [2.24, 2.45) is 11.7 Å². The molecule has 0 spiro atoms. The molecule has 1 amide bonds. The number of carbonyl (C=O) groups excluding carboxylic acids is 1. The summed E-state index contributed by atoms with van der Waals surface area (Å²) in [5.41, 5.74) is 5.38. The van der Waals surface area contributed by atoms with Crippen molar-refractivity contribution in [3.63, 3.8) is 0 Å². The van der Waals surface area contributed by atoms with Gasteiger partial charge in [-0.05, 0) is 19.5 Å². The molecule has 1 heterocycles. The lowest BCUT2D eigenvalue weighted by Crippen LogP contribution is -2.60. The first-order valence-corrected chi connectivity index (χ1v) is 5.37. The van der Waals surface area contributed by atoms with E-state index < -0.39 is 0 Å². The molecule has 82 valence electrons. The Hall–Kier alpha value is -0.610. The van der Waals surface area contributed by atoms with Crippen LogP contribution in [0.25, 0.3) is 0 Å². The fourth-order valence-electron chi connectivity index (χ4n) is 1.56. The van der Waals surface area contributed by atoms with Gasteiger partial charge in [0, 0.05) is 25.0 Å². The molecule has 0 aliphatic carbocycles. The van der Waals surface area contributed by atoms with Crippen LogP contribution in [0.3, 0.4) is 0 Å². The van der Waals surface area contributed by atoms with E-state index >= 15 is 0 Å². The fourth-order valence-corrected chi connectivity index (χ4v) is 1.56. The Balaban J connectivity index is 2.08. The molecule has 0 aromatic heterocycles. The molecule has 0 radical (unpaired) electrons. The number of nitrogens with zero attached hydrogens (tertiary/aromatic N) is 1. The molecule has 0 unspecified atom stereocenters. The summed E-state index contributed by atoms with van der Waals surface area (Å²) in [4.78, 5) is 13.4. The Labute approximate surface area is 85.8 Å². The number of nitrogens with one attached hydrogen (secondary N) is 1. The van der Waals surface area contributed by atoms with Gasteiger partial charge in [-0.2, -0.15) is 0 Å². The van der Waals surface area contributed by atoms with Gasteiger partial charge in [0.1, 0.15) is 0 Å². The smallest absolute Gasteiger partial charge is 0.225 e. The fraction of sp³-hybridized carbons (Fsp3) is 0.900. The Morgan fingerprint density at radius 2 is 2.21 bits per heavy atom. The van der Waals surface area contributed by atoms with E-state index in [4.69, 9.17) is 5.73 Å². The van der Waals surface area contributed by atoms with E-state index in [9.17, 15) is 4.79 Å². The number of likely N-dealkylation sites (tertiary alicyclic amines) is 1. The van der Waals surface area contributed by atoms with Gasteiger partial charge in [-0.15, -0.1) is 0 Å². The second kappa shape index (κ2) is 5.32. The highest BCUT2D eigenvalue weighted by atomic mass is 16.2. The summed E-state index contributed by atoms with van der Waals surface area (Å²) in [5, 5.41) is 3.37. The van der Waals surface area contributed by atoms with Crippen LogP contribution in [-0.2, 0) is 4.79 Å². The van der Waals surface area contributed by atoms with Gasteiger partial charge in [-0.1, -0.05) is 13.8 Å². The largest absolute Gasteiger partial charge is 0.339 e. The monoisotopic (exact) mass is 199 g/mol. The first kappa shape index (κ1) is 11.5. The second-order valence-corrected chi connectivity index (χ2v) is 4.19. The van der Waals surface area contributed by atoms with Crippen LogP contribution in [0.2, 0.25) is 0 Å². The van der Waals surface area contributed by atoms with E-state index in [0.29, 0.717) is 6.04 Å². The molecule has 4 nitrogen and oxygen atoms in total. The summed E-state index contributed by atoms with van der Waals surface area (Å²) >= 11 is 0. The standard InChI is InChI=1S/C10H21N3O/c1-8(2)10(14)13-6-9(7-13)12-5-3-4-11/h8-9,12H,3-7,11H2,1-2H3. The number of nitrogens with two attached hydrogens (primary N) is 1. The number of hydrogen-bond acceptors (Lipinski definition) is 3. The van der Waals surface area contributed by atoms with Crippen molar-refractivity contribution in [2.45, 2.75) is 26.3 Å². The van der Waals surface area contributed by atoms with Gasteiger partial charge in [0.15, 0.2) is 0 Å². The van der Waals surface area contributed by atoms with E-state index in [-0.39, 0.29) is 11.8 Å². The van der Waals surface area contributed by atoms with Gasteiger partial charge in [0.2, 0.25) is 5.91 Å². The first-order chi connectivity index (χ1) is 6.65. The summed E-state index contributed by atoms with van der Waals surface area (Å²) < 4.78 is 0. The molecule has 0 bridgehead atoms. The van der Waals surface area contributed by atoms with E-state index in [1.54, 1.807) is 0 Å². The zero-order valence-corrected chi connectivity index (χ0v) is 9.12. The SMILES string of the molecule is CC(C)C(=O)N1CC(NCCCN)C1. The average Bonchev–Trinajstić information content (AvgIpc) is 2.08. The Morgan fingerprint density at radius 1 is 1.57 bits per heavy atom. The normalized spacial score (nSPS) is 17.3. The van der Waals surface area contributed by atoms with Crippen LogP contribution in [0.15, 0.2) is 0 Å². The van der Waals surface area contributed by atoms with Crippen LogP contribution < -0.4 is 11.1 Å². The highest BCUT2D eigenvalue weighted by Gasteiger charge is 2.30. The van der Waals surface area contributed by atoms with Gasteiger partial charge in [0.05, 0.1) is 0 Å². The maximum Gasteiger partial charge on any atom is 0.225 e. The van der Waals surface area contributed by atoms with Crippen LogP contribution in [0.4, 0.5) is 0 Å². The molecule has 0 saturated carbocycles. The number of carbonyl (C=O) groups is 1. The lowest BCUT2D eigenvalue weighted by Gasteiger charge is -2.40. The second-order valence-electron chi connectivity index (χ2n) is 4.19. The zero-order valence-electron chi connectivity index (χ0n) is 9.12. The van der Waals surface area contributed by atoms with Crippen molar-refractivity contribution in [3.05, 3.63) is 0 Å². The molecule has 1 aliphatic heterocycles. The van der Waals surface area contributed by atoms with Gasteiger partial charge in [-0.3, -0.25) is 4.79 Å². The summed E-state index contributed by atoms with van der Waals surface area (Å²) in [6, 6.07) is 0.490. The molecule has 0 atom stereocenters. The van der Waals surface area contributed by atoms with Crippen LogP contribution in [0, 0.1) is 5.92 Å². The van der Waals surface area contributed by atoms with Crippen molar-refractivity contribution in [1.82, 2.24) is 10.2 Å². The van der Waals surface area contributed by atoms with E-state index in [0.717, 1.165) is 32.6 Å². The van der Waals surface area contributed by atoms with E-state index in [1.165, 1.54) is 0 Å². The predicted molar refractivity (Wildman–Crippen MR) is 56.9 cm³/mol. The van der Waals surface area contributed by atoms with Crippen molar-refractivity contribution in [1.29, 1.82) is 0 Å². The lowest BCUT2D eigenvalue weighted by atomic mass is 10.1. The number of rotatable bonds is 5. The Kier molecular flexibility index (Phi) is 4.35. The zero-order chi connectivity index (χ0) is 10.6. The summed E-state index contributed by atoms with van der Waals surface area (Å²) in [7, 11) is 0. The van der Waals surface area contributed by atoms with Crippen LogP contribution in [0.5, 0.6) is 0 Å². The molecule has 1 fully saturated rings. The Morgan fingerprint density at radius 3 is 2.71 bits per heavy atom. The minimum Gasteiger partial charge on any atom is -0.339 e. The summed E-state index contributed by atoms with van der Waals surface area (Å²) in [5.74, 6) is 0.391. The maximum absolute atomic E-state index is 11.5. The highest BCUT2D eigenvalue weighted by molar-refractivity contribution is 5.79. The Bertz CT molecular complexity index is 188. The van der Waals surface area contributed by atoms with Crippen LogP contribution >= 0.6 is 0 Å². The van der Waals surface area contributed by atoms with Crippen molar-refractivity contribution < 1.29 is 4.79 Å². The van der Waals surface area contributed by atoms with E-state index in [1.807, 2.05) is 18.7 Å². The van der Waals surface area contributed by atoms with Gasteiger partial charge < -0.3 is 16.0 Å². The molecular weight excluding hydrogens is 178 g/mol. The van der Waals surface area contributed by atoms with Gasteiger partial charge in [0.25, 0.3) is 0 Å². The minimum absolute atomic E-state index is 0.125. The van der Waals surface area contributed by atoms with Crippen LogP contribution in [-0.4, -0.2) is 43.0 Å². The molecule has 1 rings (SSSR count). The molecule has 0 aromatic rings. The number of hydrogen-bond donors (Lipinski definition) is 2. The van der Waals surface area contributed by atoms with Crippen molar-refractivity contribution in [3.8, 4) is 0 Å². The quantitative estimate of drug-likeness (QED) is 0.602. The highest BCUT2D eigenvalue weighted by Crippen LogP contribution is 2.11. The predicted octanol–water partition coefficient (Wildman–Crippen LogP) is -0.208. The molecule has 3 N–H and O–H groups in total. The van der Waals surface area contributed by atoms with Gasteiger partial charge >= 0.3 is 0 Å². The minimum atomic E-state index is 0.125. The number of amides is 1. The van der Waals surface area contributed by atoms with E-state index in [2.05, 4.69) is 5.32 Å². The first-order valence-electron chi connectivity index (χ1n) is 5.37. The molecule has 0 aromatic carbocycles. The molecule has 1 aliphatic rings. The molecule has 1 saturated heterocycles. The van der Waals surface area contributed by atoms with Gasteiger partial charge in [-0.25, -0.2) is 0 Å². The average molecular weight is 199 g/mol. The van der Waals surface area contributed by atoms with Crippen molar-refractivity contribution in [2.75, 3.05) is 26.2 Å². The van der Waals surface area contributed by atoms with Crippen molar-refractivity contribution >= 4 is 5.91 Å². The topological polar surface area (TPSA) is 58.4 Å². The summed E-state index contributed by atoms with van der Waals surface area (Å²) in [6.45, 7) is 7.30. The maximum atomic E-state index is 11.5. The molecular formula is C10H21N3O. The molecule has 4 heteroatoms. The molecule has 14 heavy (non-hydrogen) atoms. The lowest BCUT2D eigenvalue weighted by molar-refractivity contribution is -0.139. The van der Waals surface area contributed by atoms with Crippen LogP contribution in [0.1, 0.15) is 20.3 Å². The summed E-state index contributed by atoms with van der Waals surface area (Å²) in [6.07, 6.45) is 1.01.